The number of carbonyl (C=O) groups excluding carboxylic acids is 2. The number of hydrogen-bond donors (Lipinski definition) is 3. The quantitative estimate of drug-likeness (QED) is 0.307. The molecule has 0 saturated heterocycles. The standard InChI is InChI=1S/C23H24F4N8O3/c1-11-15(31-20(36)22(10-28)8-23(26,27)9-22)4-5-16(30-11)17-19(35(3)34-33-17)32-21(37)38-12(2)14-6-13(24)7-29-18(14)25/h4-7,12H,8-10,28H2,1-3H3,(H,31,36)(H,32,37)/t12-/m1/s1. The predicted octanol–water partition coefficient (Wildman–Crippen LogP) is 3.48. The van der Waals surface area contributed by atoms with E-state index in [-0.39, 0.29) is 29.3 Å². The van der Waals surface area contributed by atoms with Crippen LogP contribution in [-0.2, 0) is 16.6 Å². The Kier molecular flexibility index (Phi) is 7.06. The van der Waals surface area contributed by atoms with Crippen LogP contribution in [-0.4, -0.2) is 49.4 Å². The monoisotopic (exact) mass is 536 g/mol. The topological polar surface area (TPSA) is 150 Å². The van der Waals surface area contributed by atoms with E-state index in [9.17, 15) is 27.2 Å². The van der Waals surface area contributed by atoms with Crippen molar-refractivity contribution in [1.29, 1.82) is 0 Å². The number of aromatic nitrogens is 5. The fourth-order valence-corrected chi connectivity index (χ4v) is 4.16. The van der Waals surface area contributed by atoms with Gasteiger partial charge in [-0.05, 0) is 32.0 Å². The molecule has 1 aliphatic rings. The van der Waals surface area contributed by atoms with Crippen molar-refractivity contribution in [3.8, 4) is 11.4 Å². The van der Waals surface area contributed by atoms with Crippen molar-refractivity contribution in [1.82, 2.24) is 25.0 Å². The lowest BCUT2D eigenvalue weighted by Crippen LogP contribution is -2.57. The summed E-state index contributed by atoms with van der Waals surface area (Å²) < 4.78 is 60.6. The zero-order chi connectivity index (χ0) is 27.8. The molecule has 3 aromatic heterocycles. The molecule has 2 amide bonds. The van der Waals surface area contributed by atoms with Crippen molar-refractivity contribution in [2.45, 2.75) is 38.7 Å². The third-order valence-corrected chi connectivity index (χ3v) is 6.24. The molecular formula is C23H24F4N8O3. The molecule has 0 aromatic carbocycles. The van der Waals surface area contributed by atoms with Crippen LogP contribution in [0.5, 0.6) is 0 Å². The highest BCUT2D eigenvalue weighted by molar-refractivity contribution is 5.97. The van der Waals surface area contributed by atoms with Crippen LogP contribution in [0.1, 0.15) is 37.1 Å². The van der Waals surface area contributed by atoms with Gasteiger partial charge in [-0.1, -0.05) is 5.21 Å². The van der Waals surface area contributed by atoms with E-state index in [4.69, 9.17) is 10.5 Å². The first-order chi connectivity index (χ1) is 17.8. The maximum atomic E-state index is 13.9. The number of nitrogens with zero attached hydrogens (tertiary/aromatic N) is 5. The van der Waals surface area contributed by atoms with Crippen LogP contribution < -0.4 is 16.4 Å². The Morgan fingerprint density at radius 3 is 2.58 bits per heavy atom. The Morgan fingerprint density at radius 2 is 1.95 bits per heavy atom. The number of anilines is 2. The molecule has 15 heteroatoms. The summed E-state index contributed by atoms with van der Waals surface area (Å²) in [5.74, 6) is -5.23. The molecular weight excluding hydrogens is 512 g/mol. The van der Waals surface area contributed by atoms with Crippen LogP contribution >= 0.6 is 0 Å². The first-order valence-corrected chi connectivity index (χ1v) is 11.4. The van der Waals surface area contributed by atoms with Crippen LogP contribution in [0.25, 0.3) is 11.4 Å². The number of carbonyl (C=O) groups is 2. The third kappa shape index (κ3) is 5.27. The largest absolute Gasteiger partial charge is 0.441 e. The van der Waals surface area contributed by atoms with Gasteiger partial charge >= 0.3 is 6.09 Å². The lowest BCUT2D eigenvalue weighted by Gasteiger charge is -2.45. The fraction of sp³-hybridized carbons (Fsp3) is 0.391. The van der Waals surface area contributed by atoms with Gasteiger partial charge in [0.1, 0.15) is 11.9 Å². The highest BCUT2D eigenvalue weighted by Gasteiger charge is 2.60. The van der Waals surface area contributed by atoms with Crippen LogP contribution in [0.15, 0.2) is 24.4 Å². The van der Waals surface area contributed by atoms with Gasteiger partial charge in [0.2, 0.25) is 17.8 Å². The molecule has 0 aliphatic heterocycles. The smallest absolute Gasteiger partial charge is 0.413 e. The number of amides is 2. The molecule has 0 spiro atoms. The van der Waals surface area contributed by atoms with Gasteiger partial charge in [-0.2, -0.15) is 4.39 Å². The predicted molar refractivity (Wildman–Crippen MR) is 126 cm³/mol. The Hall–Kier alpha value is -4.14. The Bertz CT molecular complexity index is 1390. The number of halogens is 4. The van der Waals surface area contributed by atoms with E-state index < -0.39 is 54.0 Å². The average molecular weight is 536 g/mol. The van der Waals surface area contributed by atoms with Crippen molar-refractivity contribution < 1.29 is 31.9 Å². The second-order valence-electron chi connectivity index (χ2n) is 9.09. The summed E-state index contributed by atoms with van der Waals surface area (Å²) in [5.41, 5.74) is 5.06. The first-order valence-electron chi connectivity index (χ1n) is 11.4. The van der Waals surface area contributed by atoms with Crippen LogP contribution in [0, 0.1) is 24.1 Å². The van der Waals surface area contributed by atoms with Gasteiger partial charge in [-0.15, -0.1) is 5.10 Å². The van der Waals surface area contributed by atoms with Gasteiger partial charge in [-0.25, -0.2) is 32.6 Å². The van der Waals surface area contributed by atoms with E-state index in [0.29, 0.717) is 17.6 Å². The number of pyridine rings is 2. The molecule has 3 aromatic rings. The van der Waals surface area contributed by atoms with E-state index >= 15 is 0 Å². The van der Waals surface area contributed by atoms with E-state index in [1.54, 1.807) is 6.92 Å². The van der Waals surface area contributed by atoms with Crippen molar-refractivity contribution in [2.24, 2.45) is 18.2 Å². The fourth-order valence-electron chi connectivity index (χ4n) is 4.16. The molecule has 4 rings (SSSR count). The van der Waals surface area contributed by atoms with Gasteiger partial charge in [0.15, 0.2) is 11.5 Å². The van der Waals surface area contributed by atoms with Gasteiger partial charge in [0.25, 0.3) is 0 Å². The number of nitrogens with one attached hydrogen (secondary N) is 2. The van der Waals surface area contributed by atoms with Gasteiger partial charge < -0.3 is 15.8 Å². The highest BCUT2D eigenvalue weighted by atomic mass is 19.3. The molecule has 1 saturated carbocycles. The zero-order valence-corrected chi connectivity index (χ0v) is 20.6. The number of alkyl halides is 2. The summed E-state index contributed by atoms with van der Waals surface area (Å²) in [4.78, 5) is 32.8. The van der Waals surface area contributed by atoms with Crippen molar-refractivity contribution in [2.75, 3.05) is 17.2 Å². The molecule has 11 nitrogen and oxygen atoms in total. The molecule has 0 radical (unpaired) electrons. The lowest BCUT2D eigenvalue weighted by molar-refractivity contribution is -0.172. The summed E-state index contributed by atoms with van der Waals surface area (Å²) in [7, 11) is 1.49. The summed E-state index contributed by atoms with van der Waals surface area (Å²) in [6.45, 7) is 2.72. The SMILES string of the molecule is Cc1nc(-c2nnn(C)c2NC(=O)O[C@H](C)c2cc(F)cnc2F)ccc1NC(=O)C1(CN)CC(F)(F)C1. The number of aryl methyl sites for hydroxylation is 2. The summed E-state index contributed by atoms with van der Waals surface area (Å²) in [5, 5.41) is 12.9. The number of rotatable bonds is 7. The molecule has 3 heterocycles. The number of ether oxygens (including phenoxy) is 1. The molecule has 4 N–H and O–H groups in total. The minimum atomic E-state index is -2.93. The molecule has 202 valence electrons. The third-order valence-electron chi connectivity index (χ3n) is 6.24. The molecule has 38 heavy (non-hydrogen) atoms. The summed E-state index contributed by atoms with van der Waals surface area (Å²) in [6, 6.07) is 3.87. The van der Waals surface area contributed by atoms with Crippen molar-refractivity contribution in [3.63, 3.8) is 0 Å². The normalized spacial score (nSPS) is 16.3. The molecule has 1 aliphatic carbocycles. The van der Waals surface area contributed by atoms with Gasteiger partial charge in [0.05, 0.1) is 34.3 Å². The van der Waals surface area contributed by atoms with Crippen LogP contribution in [0.4, 0.5) is 33.9 Å². The minimum Gasteiger partial charge on any atom is -0.441 e. The Labute approximate surface area is 213 Å². The molecule has 1 atom stereocenters. The van der Waals surface area contributed by atoms with Crippen LogP contribution in [0.3, 0.4) is 0 Å². The molecule has 0 unspecified atom stereocenters. The molecule has 1 fully saturated rings. The maximum absolute atomic E-state index is 13.9. The number of hydrogen-bond acceptors (Lipinski definition) is 8. The second kappa shape index (κ2) is 9.96. The van der Waals surface area contributed by atoms with E-state index in [2.05, 4.69) is 30.9 Å². The van der Waals surface area contributed by atoms with Crippen LogP contribution in [0.2, 0.25) is 0 Å². The summed E-state index contributed by atoms with van der Waals surface area (Å²) >= 11 is 0. The van der Waals surface area contributed by atoms with E-state index in [1.807, 2.05) is 0 Å². The zero-order valence-electron chi connectivity index (χ0n) is 20.6. The second-order valence-corrected chi connectivity index (χ2v) is 9.09. The average Bonchev–Trinajstić information content (AvgIpc) is 3.19. The lowest BCUT2D eigenvalue weighted by atomic mass is 9.65. The Morgan fingerprint density at radius 1 is 1.24 bits per heavy atom. The van der Waals surface area contributed by atoms with Gasteiger partial charge in [0, 0.05) is 26.4 Å². The maximum Gasteiger partial charge on any atom is 0.413 e. The van der Waals surface area contributed by atoms with Gasteiger partial charge in [-0.3, -0.25) is 10.1 Å². The van der Waals surface area contributed by atoms with E-state index in [1.165, 1.54) is 30.8 Å². The summed E-state index contributed by atoms with van der Waals surface area (Å²) in [6.07, 6.45) is -2.72. The van der Waals surface area contributed by atoms with E-state index in [0.717, 1.165) is 6.07 Å². The highest BCUT2D eigenvalue weighted by Crippen LogP contribution is 2.52. The molecule has 0 bridgehead atoms. The number of nitrogens with two attached hydrogens (primary N) is 1. The Balaban J connectivity index is 1.48. The van der Waals surface area contributed by atoms with Crippen molar-refractivity contribution in [3.05, 3.63) is 47.4 Å². The minimum absolute atomic E-state index is 0.0857. The first kappa shape index (κ1) is 26.9. The van der Waals surface area contributed by atoms with Crippen molar-refractivity contribution >= 4 is 23.5 Å².